The molecule has 2 aromatic rings. The van der Waals surface area contributed by atoms with E-state index < -0.39 is 10.0 Å². The van der Waals surface area contributed by atoms with Gasteiger partial charge in [0.05, 0.1) is 35.1 Å². The van der Waals surface area contributed by atoms with Gasteiger partial charge in [-0.1, -0.05) is 23.2 Å². The fourth-order valence-corrected chi connectivity index (χ4v) is 3.42. The van der Waals surface area contributed by atoms with E-state index in [1.807, 2.05) is 0 Å². The Morgan fingerprint density at radius 1 is 1.33 bits per heavy atom. The predicted octanol–water partition coefficient (Wildman–Crippen LogP) is 2.75. The maximum Gasteiger partial charge on any atom is 0.265 e. The number of halogens is 3. The number of aliphatic hydroxyl groups is 1. The lowest BCUT2D eigenvalue weighted by molar-refractivity contribution is 0.269. The summed E-state index contributed by atoms with van der Waals surface area (Å²) in [5.74, 6) is 0. The zero-order chi connectivity index (χ0) is 15.6. The third kappa shape index (κ3) is 3.70. The predicted molar refractivity (Wildman–Crippen MR) is 84.3 cm³/mol. The molecule has 0 amide bonds. The zero-order valence-electron chi connectivity index (χ0n) is 10.4. The van der Waals surface area contributed by atoms with Crippen LogP contribution in [-0.4, -0.2) is 29.9 Å². The zero-order valence-corrected chi connectivity index (χ0v) is 14.3. The van der Waals surface area contributed by atoms with Gasteiger partial charge in [-0.05, 0) is 28.1 Å². The molecule has 114 valence electrons. The van der Waals surface area contributed by atoms with Gasteiger partial charge in [-0.15, -0.1) is 0 Å². The molecule has 1 heterocycles. The highest BCUT2D eigenvalue weighted by molar-refractivity contribution is 9.10. The molecule has 0 atom stereocenters. The Labute approximate surface area is 139 Å². The summed E-state index contributed by atoms with van der Waals surface area (Å²) in [6.07, 6.45) is 2.50. The third-order valence-corrected chi connectivity index (χ3v) is 5.62. The maximum atomic E-state index is 12.2. The van der Waals surface area contributed by atoms with Gasteiger partial charge in [0.1, 0.15) is 4.90 Å². The highest BCUT2D eigenvalue weighted by Crippen LogP contribution is 2.36. The van der Waals surface area contributed by atoms with Crippen molar-refractivity contribution in [2.45, 2.75) is 11.4 Å². The quantitative estimate of drug-likeness (QED) is 0.736. The number of hydrogen-bond acceptors (Lipinski definition) is 4. The second-order valence-corrected chi connectivity index (χ2v) is 7.28. The molecule has 0 spiro atoms. The number of sulfonamides is 1. The summed E-state index contributed by atoms with van der Waals surface area (Å²) in [5, 5.41) is 12.9. The van der Waals surface area contributed by atoms with E-state index in [2.05, 4.69) is 25.8 Å². The molecule has 2 N–H and O–H groups in total. The second kappa shape index (κ2) is 6.53. The van der Waals surface area contributed by atoms with Crippen molar-refractivity contribution in [2.75, 3.05) is 11.3 Å². The van der Waals surface area contributed by atoms with Crippen molar-refractivity contribution in [3.63, 3.8) is 0 Å². The first kappa shape index (κ1) is 16.6. The van der Waals surface area contributed by atoms with E-state index >= 15 is 0 Å². The lowest BCUT2D eigenvalue weighted by Crippen LogP contribution is -2.13. The van der Waals surface area contributed by atoms with Crippen molar-refractivity contribution < 1.29 is 13.5 Å². The van der Waals surface area contributed by atoms with E-state index in [9.17, 15) is 8.42 Å². The lowest BCUT2D eigenvalue weighted by Gasteiger charge is -2.10. The van der Waals surface area contributed by atoms with Crippen molar-refractivity contribution in [3.05, 3.63) is 39.0 Å². The minimum atomic E-state index is -3.84. The van der Waals surface area contributed by atoms with Gasteiger partial charge in [0.2, 0.25) is 0 Å². The molecule has 0 saturated heterocycles. The fraction of sp³-hybridized carbons (Fsp3) is 0.182. The molecule has 1 aromatic carbocycles. The number of anilines is 1. The minimum absolute atomic E-state index is 0.0361. The Morgan fingerprint density at radius 3 is 2.71 bits per heavy atom. The fourth-order valence-electron chi connectivity index (χ4n) is 1.52. The summed E-state index contributed by atoms with van der Waals surface area (Å²) in [7, 11) is -3.84. The smallest absolute Gasteiger partial charge is 0.265 e. The number of nitrogens with zero attached hydrogens (tertiary/aromatic N) is 2. The van der Waals surface area contributed by atoms with Crippen LogP contribution in [0, 0.1) is 0 Å². The van der Waals surface area contributed by atoms with Gasteiger partial charge in [-0.25, -0.2) is 8.42 Å². The van der Waals surface area contributed by atoms with Crippen LogP contribution in [0.2, 0.25) is 10.0 Å². The van der Waals surface area contributed by atoms with Crippen LogP contribution in [0.15, 0.2) is 33.9 Å². The molecule has 2 rings (SSSR count). The molecule has 0 saturated carbocycles. The average molecular weight is 415 g/mol. The van der Waals surface area contributed by atoms with E-state index in [4.69, 9.17) is 28.3 Å². The van der Waals surface area contributed by atoms with E-state index in [0.29, 0.717) is 4.47 Å². The average Bonchev–Trinajstić information content (AvgIpc) is 2.89. The van der Waals surface area contributed by atoms with Crippen molar-refractivity contribution in [1.82, 2.24) is 9.78 Å². The van der Waals surface area contributed by atoms with Crippen molar-refractivity contribution in [3.8, 4) is 0 Å². The van der Waals surface area contributed by atoms with Gasteiger partial charge >= 0.3 is 0 Å². The molecule has 0 aliphatic rings. The van der Waals surface area contributed by atoms with Crippen molar-refractivity contribution >= 4 is 54.8 Å². The molecule has 0 radical (unpaired) electrons. The number of aromatic nitrogens is 2. The van der Waals surface area contributed by atoms with Crippen molar-refractivity contribution in [1.29, 1.82) is 0 Å². The van der Waals surface area contributed by atoms with Crippen LogP contribution in [0.5, 0.6) is 0 Å². The van der Waals surface area contributed by atoms with Crippen LogP contribution in [0.25, 0.3) is 0 Å². The maximum absolute atomic E-state index is 12.2. The number of hydrogen-bond donors (Lipinski definition) is 2. The van der Waals surface area contributed by atoms with E-state index in [1.165, 1.54) is 23.1 Å². The molecule has 0 aliphatic carbocycles. The summed E-state index contributed by atoms with van der Waals surface area (Å²) in [5.41, 5.74) is 0.166. The molecule has 6 nitrogen and oxygen atoms in total. The van der Waals surface area contributed by atoms with Crippen LogP contribution in [-0.2, 0) is 16.6 Å². The van der Waals surface area contributed by atoms with Gasteiger partial charge in [0, 0.05) is 10.7 Å². The first-order valence-electron chi connectivity index (χ1n) is 5.65. The molecule has 0 fully saturated rings. The lowest BCUT2D eigenvalue weighted by atomic mass is 10.3. The topological polar surface area (TPSA) is 84.2 Å². The van der Waals surface area contributed by atoms with Crippen LogP contribution in [0.1, 0.15) is 0 Å². The first-order chi connectivity index (χ1) is 9.85. The molecular formula is C11H10BrCl2N3O3S. The number of nitrogens with one attached hydrogen (secondary N) is 1. The van der Waals surface area contributed by atoms with Crippen LogP contribution in [0.3, 0.4) is 0 Å². The molecule has 10 heteroatoms. The second-order valence-electron chi connectivity index (χ2n) is 3.99. The van der Waals surface area contributed by atoms with Crippen molar-refractivity contribution in [2.24, 2.45) is 0 Å². The molecule has 1 aromatic heterocycles. The van der Waals surface area contributed by atoms with Crippen LogP contribution >= 0.6 is 39.1 Å². The summed E-state index contributed by atoms with van der Waals surface area (Å²) in [4.78, 5) is -0.0361. The number of aliphatic hydroxyl groups excluding tert-OH is 1. The SMILES string of the molecule is O=S(=O)(Nc1ccc(Br)c(Cl)c1Cl)c1cnn(CCO)c1. The molecule has 0 aliphatic heterocycles. The Balaban J connectivity index is 2.31. The van der Waals surface area contributed by atoms with Crippen LogP contribution < -0.4 is 4.72 Å². The molecule has 21 heavy (non-hydrogen) atoms. The van der Waals surface area contributed by atoms with E-state index in [0.717, 1.165) is 0 Å². The van der Waals surface area contributed by atoms with Gasteiger partial charge < -0.3 is 5.11 Å². The Bertz CT molecular complexity index is 764. The summed E-state index contributed by atoms with van der Waals surface area (Å²) in [6.45, 7) is 0.0726. The Morgan fingerprint density at radius 2 is 2.05 bits per heavy atom. The highest BCUT2D eigenvalue weighted by atomic mass is 79.9. The van der Waals surface area contributed by atoms with Gasteiger partial charge in [0.15, 0.2) is 0 Å². The van der Waals surface area contributed by atoms with Crippen LogP contribution in [0.4, 0.5) is 5.69 Å². The molecule has 0 unspecified atom stereocenters. The monoisotopic (exact) mass is 413 g/mol. The third-order valence-electron chi connectivity index (χ3n) is 2.53. The molecular weight excluding hydrogens is 405 g/mol. The minimum Gasteiger partial charge on any atom is -0.394 e. The first-order valence-corrected chi connectivity index (χ1v) is 8.68. The summed E-state index contributed by atoms with van der Waals surface area (Å²) >= 11 is 15.1. The van der Waals surface area contributed by atoms with E-state index in [-0.39, 0.29) is 33.8 Å². The largest absolute Gasteiger partial charge is 0.394 e. The van der Waals surface area contributed by atoms with Gasteiger partial charge in [0.25, 0.3) is 10.0 Å². The molecule has 0 bridgehead atoms. The normalized spacial score (nSPS) is 11.6. The number of rotatable bonds is 5. The van der Waals surface area contributed by atoms with Gasteiger partial charge in [-0.3, -0.25) is 9.40 Å². The van der Waals surface area contributed by atoms with E-state index in [1.54, 1.807) is 6.07 Å². The number of benzene rings is 1. The van der Waals surface area contributed by atoms with Gasteiger partial charge in [-0.2, -0.15) is 5.10 Å². The Hall–Kier alpha value is -0.800. The standard InChI is InChI=1S/C11H10BrCl2N3O3S/c12-8-1-2-9(11(14)10(8)13)16-21(19,20)7-5-15-17(6-7)3-4-18/h1-2,5-6,16,18H,3-4H2. The highest BCUT2D eigenvalue weighted by Gasteiger charge is 2.19. The summed E-state index contributed by atoms with van der Waals surface area (Å²) in [6, 6.07) is 3.08. The summed E-state index contributed by atoms with van der Waals surface area (Å²) < 4.78 is 28.7. The Kier molecular flexibility index (Phi) is 5.15.